The Kier molecular flexibility index (Phi) is 28.3. The summed E-state index contributed by atoms with van der Waals surface area (Å²) in [5.41, 5.74) is 18.7. The van der Waals surface area contributed by atoms with Gasteiger partial charge in [0.25, 0.3) is 5.91 Å². The second-order valence-corrected chi connectivity index (χ2v) is 18.5. The van der Waals surface area contributed by atoms with Gasteiger partial charge in [-0.1, -0.05) is 90.4 Å². The number of carbonyl (C=O) groups excluding carboxylic acids is 1. The number of hydrogen-bond donors (Lipinski definition) is 6. The van der Waals surface area contributed by atoms with Crippen molar-refractivity contribution in [3.05, 3.63) is 124 Å². The van der Waals surface area contributed by atoms with Crippen molar-refractivity contribution in [2.75, 3.05) is 70.1 Å². The van der Waals surface area contributed by atoms with Crippen molar-refractivity contribution in [1.82, 2.24) is 25.4 Å². The number of rotatable bonds is 21. The van der Waals surface area contributed by atoms with Crippen molar-refractivity contribution >= 4 is 22.9 Å². The number of aliphatic hydroxyl groups is 1. The molecule has 2 atom stereocenters. The third kappa shape index (κ3) is 20.0. The third-order valence-corrected chi connectivity index (χ3v) is 13.2. The summed E-state index contributed by atoms with van der Waals surface area (Å²) in [4.78, 5) is 25.0. The number of likely N-dealkylation sites (tertiary alicyclic amines) is 2. The highest BCUT2D eigenvalue weighted by Crippen LogP contribution is 2.31. The van der Waals surface area contributed by atoms with Gasteiger partial charge in [-0.3, -0.25) is 14.5 Å². The van der Waals surface area contributed by atoms with E-state index in [1.165, 1.54) is 71.4 Å². The Morgan fingerprint density at radius 2 is 1.52 bits per heavy atom. The van der Waals surface area contributed by atoms with E-state index in [2.05, 4.69) is 161 Å². The van der Waals surface area contributed by atoms with E-state index in [4.69, 9.17) is 11.0 Å². The zero-order chi connectivity index (χ0) is 50.6. The minimum Gasteiger partial charge on any atom is -0.394 e. The first-order chi connectivity index (χ1) is 33.5. The van der Waals surface area contributed by atoms with E-state index in [0.717, 1.165) is 94.7 Å². The number of hydrazine groups is 1. The van der Waals surface area contributed by atoms with Gasteiger partial charge in [-0.05, 0) is 192 Å². The Balaban J connectivity index is 0.000000503. The molecular formula is C58H94N8O3. The number of amides is 1. The summed E-state index contributed by atoms with van der Waals surface area (Å²) >= 11 is 0. The van der Waals surface area contributed by atoms with Gasteiger partial charge in [0.1, 0.15) is 0 Å². The van der Waals surface area contributed by atoms with Gasteiger partial charge in [0.2, 0.25) is 0 Å². The third-order valence-electron chi connectivity index (χ3n) is 13.2. The minimum absolute atomic E-state index is 0.204. The fourth-order valence-corrected chi connectivity index (χ4v) is 9.50. The molecule has 2 unspecified atom stereocenters. The Hall–Kier alpha value is -4.49. The molecule has 0 aliphatic carbocycles. The fourth-order valence-electron chi connectivity index (χ4n) is 9.50. The fraction of sp³-hybridized carbons (Fsp3) is 0.569. The molecule has 384 valence electrons. The van der Waals surface area contributed by atoms with Crippen LogP contribution in [0.2, 0.25) is 0 Å². The number of benzene rings is 3. The standard InChI is InChI=1S/C41H60N6O.C13H22N2O2.2C2H6/c1-6-20-45(21-7-2)30-33-15-24-47(25-16-33)41(48)36-10-8-34(9-11-36)35-17-22-46(23-18-35)29-31(3)26-32(4)39(14-19-42-5)37-12-13-40-38(27-37)28-43-44-40;1-3-11-5-7-12(8-6-11)15-10(2)4-9-13(16)17-14;2*1-2/h8-14,19,26-27,33,35,42-44H,6-7,15-18,20-25,28-30H2,1-5H3;5-8,10,13,15-16H,3-4,9,14H2,1-2H3;2*1-2H3/b19-14-,31-26+,39-32-;;;. The lowest BCUT2D eigenvalue weighted by molar-refractivity contribution is -0.107. The predicted octanol–water partition coefficient (Wildman–Crippen LogP) is 11.5. The normalized spacial score (nSPS) is 16.7. The minimum atomic E-state index is -0.873. The number of nitrogens with one attached hydrogen (secondary N) is 4. The first kappa shape index (κ1) is 58.8. The molecule has 3 aromatic carbocycles. The summed E-state index contributed by atoms with van der Waals surface area (Å²) in [7, 11) is 1.94. The number of nitrogens with zero attached hydrogens (tertiary/aromatic N) is 3. The van der Waals surface area contributed by atoms with Gasteiger partial charge in [0.15, 0.2) is 6.29 Å². The monoisotopic (exact) mass is 951 g/mol. The number of carbonyl (C=O) groups is 1. The molecular weight excluding hydrogens is 857 g/mol. The van der Waals surface area contributed by atoms with E-state index in [9.17, 15) is 4.79 Å². The Bertz CT molecular complexity index is 1960. The van der Waals surface area contributed by atoms with Crippen LogP contribution in [0.5, 0.6) is 0 Å². The molecule has 3 aromatic rings. The summed E-state index contributed by atoms with van der Waals surface area (Å²) < 4.78 is 0. The van der Waals surface area contributed by atoms with Gasteiger partial charge in [0.05, 0.1) is 5.69 Å². The van der Waals surface area contributed by atoms with Crippen molar-refractivity contribution in [1.29, 1.82) is 0 Å². The second-order valence-electron chi connectivity index (χ2n) is 18.5. The van der Waals surface area contributed by atoms with Crippen molar-refractivity contribution in [2.45, 2.75) is 152 Å². The van der Waals surface area contributed by atoms with Gasteiger partial charge in [0, 0.05) is 63.5 Å². The number of aliphatic hydroxyl groups excluding tert-OH is 1. The van der Waals surface area contributed by atoms with Gasteiger partial charge in [-0.2, -0.15) is 0 Å². The molecule has 0 saturated carbocycles. The predicted molar refractivity (Wildman–Crippen MR) is 294 cm³/mol. The molecule has 7 N–H and O–H groups in total. The quantitative estimate of drug-likeness (QED) is 0.0349. The highest BCUT2D eigenvalue weighted by atomic mass is 16.7. The molecule has 69 heavy (non-hydrogen) atoms. The van der Waals surface area contributed by atoms with Crippen LogP contribution in [0, 0.1) is 5.92 Å². The van der Waals surface area contributed by atoms with Gasteiger partial charge in [-0.25, -0.2) is 11.3 Å². The van der Waals surface area contributed by atoms with Crippen molar-refractivity contribution in [3.8, 4) is 0 Å². The van der Waals surface area contributed by atoms with Crippen LogP contribution in [-0.2, 0) is 17.8 Å². The average molecular weight is 951 g/mol. The molecule has 0 aromatic heterocycles. The van der Waals surface area contributed by atoms with E-state index < -0.39 is 6.29 Å². The Labute approximate surface area is 419 Å². The Morgan fingerprint density at radius 1 is 0.884 bits per heavy atom. The molecule has 2 fully saturated rings. The molecule has 2 saturated heterocycles. The first-order valence-corrected chi connectivity index (χ1v) is 26.6. The van der Waals surface area contributed by atoms with E-state index in [-0.39, 0.29) is 11.9 Å². The highest BCUT2D eigenvalue weighted by Gasteiger charge is 2.26. The Morgan fingerprint density at radius 3 is 2.12 bits per heavy atom. The van der Waals surface area contributed by atoms with Crippen LogP contribution in [0.4, 0.5) is 11.4 Å². The lowest BCUT2D eigenvalue weighted by atomic mass is 9.88. The van der Waals surface area contributed by atoms with Crippen molar-refractivity contribution < 1.29 is 14.7 Å². The van der Waals surface area contributed by atoms with Crippen molar-refractivity contribution in [2.24, 2.45) is 11.8 Å². The highest BCUT2D eigenvalue weighted by molar-refractivity contribution is 5.94. The molecule has 3 aliphatic rings. The van der Waals surface area contributed by atoms with Crippen LogP contribution in [0.25, 0.3) is 5.57 Å². The largest absolute Gasteiger partial charge is 0.394 e. The molecule has 3 heterocycles. The molecule has 0 bridgehead atoms. The zero-order valence-corrected chi connectivity index (χ0v) is 44.8. The summed E-state index contributed by atoms with van der Waals surface area (Å²) in [6, 6.07) is 23.9. The number of allylic oxidation sites excluding steroid dienone is 4. The summed E-state index contributed by atoms with van der Waals surface area (Å²) in [5.74, 6) is 6.35. The summed E-state index contributed by atoms with van der Waals surface area (Å²) in [6.45, 7) is 30.6. The number of hydrogen-bond acceptors (Lipinski definition) is 10. The molecule has 1 amide bonds. The zero-order valence-electron chi connectivity index (χ0n) is 44.8. The molecule has 6 rings (SSSR count). The van der Waals surface area contributed by atoms with E-state index >= 15 is 0 Å². The van der Waals surface area contributed by atoms with E-state index in [0.29, 0.717) is 18.3 Å². The number of nitrogens with two attached hydrogens (primary N) is 1. The maximum Gasteiger partial charge on any atom is 0.253 e. The van der Waals surface area contributed by atoms with E-state index in [1.807, 2.05) is 40.9 Å². The summed E-state index contributed by atoms with van der Waals surface area (Å²) in [5, 5.41) is 15.7. The molecule has 0 radical (unpaired) electrons. The van der Waals surface area contributed by atoms with Crippen LogP contribution in [-0.4, -0.2) is 97.5 Å². The van der Waals surface area contributed by atoms with Gasteiger partial charge >= 0.3 is 0 Å². The molecule has 3 aliphatic heterocycles. The number of piperidine rings is 2. The number of anilines is 2. The maximum absolute atomic E-state index is 13.4. The smallest absolute Gasteiger partial charge is 0.253 e. The van der Waals surface area contributed by atoms with Crippen LogP contribution in [0.1, 0.15) is 159 Å². The first-order valence-electron chi connectivity index (χ1n) is 26.6. The van der Waals surface area contributed by atoms with Crippen LogP contribution >= 0.6 is 0 Å². The van der Waals surface area contributed by atoms with Crippen LogP contribution in [0.15, 0.2) is 96.2 Å². The molecule has 11 nitrogen and oxygen atoms in total. The van der Waals surface area contributed by atoms with E-state index in [1.54, 1.807) is 0 Å². The van der Waals surface area contributed by atoms with Gasteiger partial charge < -0.3 is 31.0 Å². The topological polar surface area (TPSA) is 130 Å². The molecule has 0 spiro atoms. The van der Waals surface area contributed by atoms with Gasteiger partial charge in [-0.15, -0.1) is 0 Å². The summed E-state index contributed by atoms with van der Waals surface area (Å²) in [6.07, 6.45) is 15.0. The second kappa shape index (κ2) is 33.2. The number of fused-ring (bicyclic) bond motifs is 1. The number of aryl methyl sites for hydroxylation is 1. The lowest BCUT2D eigenvalue weighted by Gasteiger charge is -2.35. The van der Waals surface area contributed by atoms with Crippen molar-refractivity contribution in [3.63, 3.8) is 0 Å². The average Bonchev–Trinajstić information content (AvgIpc) is 3.86. The van der Waals surface area contributed by atoms with Crippen LogP contribution < -0.4 is 27.4 Å². The van der Waals surface area contributed by atoms with Crippen LogP contribution in [0.3, 0.4) is 0 Å². The molecule has 11 heteroatoms. The maximum atomic E-state index is 13.4. The lowest BCUT2D eigenvalue weighted by Crippen LogP contribution is -2.42. The SMILES string of the molecule is CC.CC.CCCN(CCC)CC1CCN(C(=O)c2ccc(C3CCN(C/C(C)=C/C(C)=C(/C=C\NC)c4ccc5c(c4)CNN5)CC3)cc2)CC1.CCc1ccc(NC(C)CCC(O)ON)cc1.